The SMILES string of the molecule is CCCCC\C(=C(/C=C/C=C1/N(CCCCCCC(=O)NCCCCC(NC(=O)C2CCCN2C(=O)CC(SSCOCC#Cc2cn(C3CC(O)C(COP(=O)(O)OP(=O)(O)OP(=O)(O)O)O3)c3c2COCN=C(N)N3)c2ccccc2)C(=O)N2CCCC2C(=O)NC(CC(=O)O)C(=O)NC(CC(=O)O)C(=O)O)c2ccc(S(=O)(=O)O)cc2C1(C)C)CC)c1ccc(S(=O)(=O)O)cc1CC. The molecule has 136 heavy (non-hydrogen) atoms. The van der Waals surface area contributed by atoms with Crippen molar-refractivity contribution in [3.63, 3.8) is 0 Å². The van der Waals surface area contributed by atoms with Crippen LogP contribution >= 0.6 is 45.1 Å². The number of carbonyl (C=O) groups is 9. The number of phosphoric ester groups is 1. The number of nitrogens with one attached hydrogen (secondary N) is 5. The van der Waals surface area contributed by atoms with E-state index in [1.807, 2.05) is 63.4 Å². The van der Waals surface area contributed by atoms with E-state index in [0.717, 1.165) is 64.9 Å². The zero-order chi connectivity index (χ0) is 99.6. The van der Waals surface area contributed by atoms with Gasteiger partial charge >= 0.3 is 41.4 Å². The largest absolute Gasteiger partial charge is 0.490 e. The second-order valence-corrected chi connectivity index (χ2v) is 43.1. The molecule has 5 aliphatic rings. The predicted octanol–water partition coefficient (Wildman–Crippen LogP) is 8.98. The maximum atomic E-state index is 15.1. The third kappa shape index (κ3) is 32.2. The zero-order valence-corrected chi connectivity index (χ0v) is 81.5. The standard InChI is InChI=1S/C86H118N11O32P3S4/c1-6-9-13-28-60(61-36-34-58(135(118,119)120)43-55(61)8-3)54(7-2)26-20-32-73-86(4,5)63-44-59(136(121,122)123)35-37-67(63)94(73)39-19-11-10-16-33-74(99)88-38-18-17-29-64(83(108)96-41-22-31-69(96)82(107)91-65(45-77(101)102)80(105)92-66(84(109)110)46-78(103)104)90-81(106)68-30-21-40-95(68)75(100)48-72(56-24-14-12-15-25-56)134-133-53-124-42-23-27-57-49-97(79-62(57)50-125-52-89-85(87)93-79)76-47-70(98)71(127-76)51-126-131(114,115)129-132(116,117)128-130(111,112)113/h12,14-15,20,24-26,32,34-37,43-44,49,64-66,68-72,76,98H,6-11,13,16-19,21-22,28-31,33,38-42,45-48,50-53H2,1-5H3,(H,88,99)(H,90,106)(H,91,107)(H,92,105)(H,101,102)(H,103,104)(H,109,110)(H,114,115)(H,116,117)(H3,87,89,93)(H2,111,112,113)(H,118,119,120)(H,121,122,123)/b26-20+,60-54+,73-32+. The molecule has 0 aliphatic carbocycles. The number of nitrogens with two attached hydrogens (primary N) is 1. The molecule has 5 aliphatic heterocycles. The molecule has 6 heterocycles. The van der Waals surface area contributed by atoms with E-state index < -0.39 is 170 Å². The topological polar surface area (TPSA) is 644 Å². The molecule has 3 aromatic carbocycles. The summed E-state index contributed by atoms with van der Waals surface area (Å²) in [4.78, 5) is 167. The predicted molar refractivity (Wildman–Crippen MR) is 499 cm³/mol. The monoisotopic (exact) mass is 2040 g/mol. The average molecular weight is 2040 g/mol. The van der Waals surface area contributed by atoms with Gasteiger partial charge in [0, 0.05) is 79.3 Å². The Morgan fingerprint density at radius 3 is 2.08 bits per heavy atom. The van der Waals surface area contributed by atoms with Crippen molar-refractivity contribution in [2.45, 2.75) is 252 Å². The fourth-order valence-corrected chi connectivity index (χ4v) is 22.9. The third-order valence-corrected chi connectivity index (χ3v) is 31.2. The number of phosphoric acid groups is 3. The number of nitrogens with zero attached hydrogens (tertiary/aromatic N) is 5. The number of aliphatic hydroxyl groups is 1. The smallest absolute Gasteiger partial charge is 0.481 e. The summed E-state index contributed by atoms with van der Waals surface area (Å²) in [5.41, 5.74) is 13.0. The number of ether oxygens (including phenoxy) is 3. The van der Waals surface area contributed by atoms with Crippen LogP contribution in [0.5, 0.6) is 0 Å². The van der Waals surface area contributed by atoms with E-state index in [0.29, 0.717) is 68.2 Å². The van der Waals surface area contributed by atoms with Crippen molar-refractivity contribution in [2.24, 2.45) is 10.7 Å². The fourth-order valence-electron chi connectivity index (χ4n) is 16.6. The van der Waals surface area contributed by atoms with Crippen molar-refractivity contribution in [1.82, 2.24) is 35.6 Å². The molecule has 9 rings (SSSR count). The van der Waals surface area contributed by atoms with E-state index in [2.05, 4.69) is 58.5 Å². The number of hydrogen-bond donors (Lipinski definition) is 16. The Bertz CT molecular complexity index is 5570. The number of amides is 6. The third-order valence-electron chi connectivity index (χ3n) is 23.2. The summed E-state index contributed by atoms with van der Waals surface area (Å²) in [5, 5.41) is 52.2. The minimum Gasteiger partial charge on any atom is -0.481 e. The number of carboxylic acids is 3. The minimum atomic E-state index is -5.85. The van der Waals surface area contributed by atoms with E-state index in [1.54, 1.807) is 36.5 Å². The summed E-state index contributed by atoms with van der Waals surface area (Å²) in [6, 6.07) is 10.5. The zero-order valence-electron chi connectivity index (χ0n) is 75.5. The van der Waals surface area contributed by atoms with Gasteiger partial charge in [0.25, 0.3) is 20.2 Å². The molecule has 3 fully saturated rings. The Kier molecular flexibility index (Phi) is 41.1. The molecule has 17 N–H and O–H groups in total. The molecule has 43 nitrogen and oxygen atoms in total. The molecule has 6 amide bonds. The molecule has 4 aromatic rings. The Morgan fingerprint density at radius 2 is 1.42 bits per heavy atom. The van der Waals surface area contributed by atoms with Crippen LogP contribution in [0.15, 0.2) is 117 Å². The number of aliphatic imine (C=N–C) groups is 1. The second kappa shape index (κ2) is 50.6. The van der Waals surface area contributed by atoms with Crippen molar-refractivity contribution in [3.8, 4) is 11.8 Å². The van der Waals surface area contributed by atoms with E-state index in [9.17, 15) is 108 Å². The van der Waals surface area contributed by atoms with Crippen LogP contribution in [0, 0.1) is 11.8 Å². The lowest BCUT2D eigenvalue weighted by atomic mass is 9.83. The van der Waals surface area contributed by atoms with E-state index in [4.69, 9.17) is 34.3 Å². The number of carbonyl (C=O) groups excluding carboxylic acids is 6. The van der Waals surface area contributed by atoms with Crippen LogP contribution in [0.1, 0.15) is 214 Å². The number of unbranched alkanes of at least 4 members (excludes halogenated alkanes) is 6. The highest BCUT2D eigenvalue weighted by Gasteiger charge is 2.47. The molecule has 11 unspecified atom stereocenters. The van der Waals surface area contributed by atoms with Crippen LogP contribution in [0.2, 0.25) is 0 Å². The van der Waals surface area contributed by atoms with Crippen molar-refractivity contribution in [3.05, 3.63) is 136 Å². The molecule has 1 aromatic heterocycles. The van der Waals surface area contributed by atoms with Gasteiger partial charge in [-0.3, -0.25) is 52.0 Å². The average Bonchev–Trinajstić information content (AvgIpc) is 1.58. The van der Waals surface area contributed by atoms with Crippen LogP contribution in [-0.2, 0) is 123 Å². The van der Waals surface area contributed by atoms with Gasteiger partial charge in [-0.1, -0.05) is 142 Å². The Labute approximate surface area is 795 Å². The van der Waals surface area contributed by atoms with Gasteiger partial charge in [0.15, 0.2) is 5.96 Å². The first-order valence-corrected chi connectivity index (χ1v) is 54.0. The highest BCUT2D eigenvalue weighted by Crippen LogP contribution is 2.66. The van der Waals surface area contributed by atoms with Gasteiger partial charge in [-0.15, -0.1) is 0 Å². The number of guanidine groups is 1. The van der Waals surface area contributed by atoms with E-state index in [1.165, 1.54) is 60.2 Å². The van der Waals surface area contributed by atoms with Crippen molar-refractivity contribution in [1.29, 1.82) is 0 Å². The highest BCUT2D eigenvalue weighted by atomic mass is 33.1. The lowest BCUT2D eigenvalue weighted by molar-refractivity contribution is -0.148. The Hall–Kier alpha value is -9.21. The summed E-state index contributed by atoms with van der Waals surface area (Å²) < 4.78 is 136. The lowest BCUT2D eigenvalue weighted by Gasteiger charge is -2.31. The number of rotatable bonds is 51. The lowest BCUT2D eigenvalue weighted by Crippen LogP contribution is -2.58. The Balaban J connectivity index is 0.832. The maximum absolute atomic E-state index is 15.1. The van der Waals surface area contributed by atoms with Gasteiger partial charge in [-0.25, -0.2) is 23.5 Å². The normalized spacial score (nSPS) is 20.1. The van der Waals surface area contributed by atoms with Crippen molar-refractivity contribution in [2.75, 3.05) is 62.3 Å². The summed E-state index contributed by atoms with van der Waals surface area (Å²) >= 11 is 0. The number of anilines is 2. The highest BCUT2D eigenvalue weighted by molar-refractivity contribution is 8.76. The number of aliphatic hydroxyl groups excluding tert-OH is 1. The van der Waals surface area contributed by atoms with E-state index in [-0.39, 0.29) is 131 Å². The van der Waals surface area contributed by atoms with Crippen molar-refractivity contribution < 1.29 is 150 Å². The fraction of sp³-hybridized carbons (Fsp3) is 0.535. The van der Waals surface area contributed by atoms with Gasteiger partial charge in [0.2, 0.25) is 35.4 Å². The number of allylic oxidation sites excluding steroid dienone is 6. The Morgan fingerprint density at radius 1 is 0.765 bits per heavy atom. The van der Waals surface area contributed by atoms with Crippen LogP contribution in [0.25, 0.3) is 5.57 Å². The molecular formula is C86H118N11O32P3S4. The van der Waals surface area contributed by atoms with Gasteiger partial charge in [0.1, 0.15) is 67.6 Å². The van der Waals surface area contributed by atoms with Crippen molar-refractivity contribution >= 4 is 142 Å². The summed E-state index contributed by atoms with van der Waals surface area (Å²) in [6.45, 7) is 9.50. The molecule has 0 spiro atoms. The maximum Gasteiger partial charge on any atom is 0.490 e. The molecule has 11 atom stereocenters. The molecule has 0 bridgehead atoms. The first-order valence-electron chi connectivity index (χ1n) is 44.2. The number of aromatic nitrogens is 1. The molecule has 748 valence electrons. The van der Waals surface area contributed by atoms with Crippen LogP contribution < -0.4 is 37.2 Å². The number of carboxylic acid groups (broad SMARTS) is 3. The summed E-state index contributed by atoms with van der Waals surface area (Å²) in [6.07, 6.45) is 9.81. The quantitative estimate of drug-likeness (QED) is 0.00373. The molecule has 3 saturated heterocycles. The number of fused-ring (bicyclic) bond motifs is 2. The van der Waals surface area contributed by atoms with E-state index >= 15 is 4.79 Å². The first kappa shape index (κ1) is 110. The number of likely N-dealkylation sites (tertiary alicyclic amines) is 2. The number of aryl methyl sites for hydroxylation is 1. The molecule has 50 heteroatoms. The first-order chi connectivity index (χ1) is 64.2. The van der Waals surface area contributed by atoms with Gasteiger partial charge < -0.3 is 106 Å². The second-order valence-electron chi connectivity index (χ2n) is 33.3. The summed E-state index contributed by atoms with van der Waals surface area (Å²) in [7, 11) is -23.6. The summed E-state index contributed by atoms with van der Waals surface area (Å²) in [5.74, 6) is -3.19. The number of aliphatic carboxylic acids is 3. The number of benzene rings is 3. The van der Waals surface area contributed by atoms with Gasteiger partial charge in [0.05, 0.1) is 47.5 Å². The number of hydrogen-bond acceptors (Lipinski definition) is 29. The van der Waals surface area contributed by atoms with Crippen LogP contribution in [0.4, 0.5) is 11.5 Å². The van der Waals surface area contributed by atoms with Crippen LogP contribution in [0.3, 0.4) is 0 Å². The minimum absolute atomic E-state index is 0.00753. The molecule has 0 saturated carbocycles. The molecule has 0 radical (unpaired) electrons. The van der Waals surface area contributed by atoms with Crippen LogP contribution in [-0.4, -0.2) is 234 Å². The van der Waals surface area contributed by atoms with Gasteiger partial charge in [-0.05, 0) is 153 Å². The molecular weight excluding hydrogens is 1920 g/mol. The van der Waals surface area contributed by atoms with Gasteiger partial charge in [-0.2, -0.15) is 25.5 Å².